The Hall–Kier alpha value is 0.540. The predicted octanol–water partition coefficient (Wildman–Crippen LogP) is 3.43. The Labute approximate surface area is 147 Å². The Morgan fingerprint density at radius 1 is 0.952 bits per heavy atom. The first kappa shape index (κ1) is 23.8. The van der Waals surface area contributed by atoms with Crippen LogP contribution < -0.4 is 0 Å². The minimum absolute atomic E-state index is 0.0289. The molecule has 0 radical (unpaired) electrons. The molecule has 0 spiro atoms. The summed E-state index contributed by atoms with van der Waals surface area (Å²) in [5.41, 5.74) is 0. The molecule has 0 rings (SSSR count). The number of hydrogen-bond acceptors (Lipinski definition) is 4. The van der Waals surface area contributed by atoms with Crippen LogP contribution in [-0.4, -0.2) is 50.5 Å². The Kier molecular flexibility index (Phi) is 19.2. The Morgan fingerprint density at radius 3 is 1.67 bits per heavy atom. The van der Waals surface area contributed by atoms with Gasteiger partial charge in [0.05, 0.1) is 6.61 Å². The minimum atomic E-state index is -4.17. The molecule has 0 aromatic rings. The van der Waals surface area contributed by atoms with Crippen LogP contribution >= 0.6 is 0 Å². The number of unbranched alkanes of at least 4 members (excludes halogenated alkanes) is 8. The van der Waals surface area contributed by atoms with Gasteiger partial charge in [-0.1, -0.05) is 0 Å². The first-order valence-electron chi connectivity index (χ1n) is 7.94. The van der Waals surface area contributed by atoms with Crippen LogP contribution in [0.4, 0.5) is 0 Å². The molecule has 122 valence electrons. The topological polar surface area (TPSA) is 80.7 Å². The second-order valence-electron chi connectivity index (χ2n) is 5.11. The van der Waals surface area contributed by atoms with Crippen LogP contribution in [0.5, 0.6) is 0 Å². The van der Waals surface area contributed by atoms with Crippen LogP contribution in [-0.2, 0) is 19.4 Å². The molecule has 0 atom stereocenters. The van der Waals surface area contributed by atoms with Gasteiger partial charge in [-0.25, -0.2) is 4.18 Å². The third kappa shape index (κ3) is 29.2. The van der Waals surface area contributed by atoms with Crippen LogP contribution in [0.3, 0.4) is 0 Å². The number of rotatable bonds is 12. The average Bonchev–Trinajstić information content (AvgIpc) is 2.36. The monoisotopic (exact) mass is 332 g/mol. The van der Waals surface area contributed by atoms with Crippen molar-refractivity contribution in [2.24, 2.45) is 0 Å². The van der Waals surface area contributed by atoms with Crippen LogP contribution in [0.2, 0.25) is 0 Å². The molecule has 0 aliphatic carbocycles. The summed E-state index contributed by atoms with van der Waals surface area (Å²) in [7, 11) is -4.17. The van der Waals surface area contributed by atoms with Gasteiger partial charge in [0.2, 0.25) is 0 Å². The van der Waals surface area contributed by atoms with Gasteiger partial charge in [-0.05, 0) is 6.92 Å². The molecular weight excluding hydrogens is 303 g/mol. The SMILES string of the molecule is CCCCCCCCCCC[C](=O)[Na].CCOS(=O)(=O)O. The van der Waals surface area contributed by atoms with Crippen molar-refractivity contribution in [3.05, 3.63) is 0 Å². The normalized spacial score (nSPS) is 10.9. The van der Waals surface area contributed by atoms with Gasteiger partial charge in [0.25, 0.3) is 0 Å². The summed E-state index contributed by atoms with van der Waals surface area (Å²) in [5.74, 6) is 0. The van der Waals surface area contributed by atoms with E-state index in [-0.39, 0.29) is 6.61 Å². The van der Waals surface area contributed by atoms with E-state index in [0.29, 0.717) is 3.03 Å². The first-order chi connectivity index (χ1) is 9.83. The van der Waals surface area contributed by atoms with E-state index >= 15 is 0 Å². The van der Waals surface area contributed by atoms with Crippen LogP contribution in [0, 0.1) is 0 Å². The van der Waals surface area contributed by atoms with Gasteiger partial charge < -0.3 is 0 Å². The quantitative estimate of drug-likeness (QED) is 0.336. The molecule has 0 bridgehead atoms. The molecule has 5 nitrogen and oxygen atoms in total. The Balaban J connectivity index is 0. The van der Waals surface area contributed by atoms with Crippen molar-refractivity contribution in [3.8, 4) is 0 Å². The summed E-state index contributed by atoms with van der Waals surface area (Å²) in [6.07, 6.45) is 12.9. The molecule has 7 heteroatoms. The van der Waals surface area contributed by atoms with Gasteiger partial charge in [0.15, 0.2) is 0 Å². The fourth-order valence-corrected chi connectivity index (χ4v) is 2.48. The number of carbonyl (C=O) groups excluding carboxylic acids is 1. The zero-order valence-electron chi connectivity index (χ0n) is 13.8. The van der Waals surface area contributed by atoms with E-state index in [9.17, 15) is 13.2 Å². The van der Waals surface area contributed by atoms with E-state index in [2.05, 4.69) is 11.1 Å². The van der Waals surface area contributed by atoms with Gasteiger partial charge in [-0.15, -0.1) is 0 Å². The Morgan fingerprint density at radius 2 is 1.38 bits per heavy atom. The average molecular weight is 332 g/mol. The smallest absolute Gasteiger partial charge is 0.264 e. The first-order valence-corrected chi connectivity index (χ1v) is 10.3. The molecule has 0 aliphatic rings. The molecule has 0 aromatic heterocycles. The van der Waals surface area contributed by atoms with E-state index in [1.807, 2.05) is 0 Å². The molecule has 0 amide bonds. The van der Waals surface area contributed by atoms with E-state index in [1.165, 1.54) is 58.3 Å². The summed E-state index contributed by atoms with van der Waals surface area (Å²) in [5, 5.41) is 0. The van der Waals surface area contributed by atoms with Crippen molar-refractivity contribution in [2.75, 3.05) is 6.61 Å². The maximum absolute atomic E-state index is 10.7. The second-order valence-corrected chi connectivity index (χ2v) is 7.32. The molecule has 0 aromatic carbocycles. The molecule has 0 heterocycles. The maximum Gasteiger partial charge on any atom is 0.397 e. The third-order valence-electron chi connectivity index (χ3n) is 2.90. The van der Waals surface area contributed by atoms with Gasteiger partial charge in [-0.3, -0.25) is 4.55 Å². The molecule has 0 aliphatic heterocycles. The minimum Gasteiger partial charge on any atom is -0.264 e. The van der Waals surface area contributed by atoms with Crippen molar-refractivity contribution >= 4 is 41.4 Å². The predicted molar refractivity (Wildman–Crippen MR) is 85.8 cm³/mol. The van der Waals surface area contributed by atoms with E-state index < -0.39 is 10.4 Å². The van der Waals surface area contributed by atoms with E-state index in [4.69, 9.17) is 4.55 Å². The van der Waals surface area contributed by atoms with Gasteiger partial charge in [-0.2, -0.15) is 8.42 Å². The zero-order valence-corrected chi connectivity index (χ0v) is 16.6. The van der Waals surface area contributed by atoms with Crippen LogP contribution in [0.15, 0.2) is 0 Å². The van der Waals surface area contributed by atoms with Crippen molar-refractivity contribution in [3.63, 3.8) is 0 Å². The summed E-state index contributed by atoms with van der Waals surface area (Å²) >= 11 is 0.751. The fourth-order valence-electron chi connectivity index (χ4n) is 1.83. The maximum atomic E-state index is 10.7. The third-order valence-corrected chi connectivity index (χ3v) is 3.93. The summed E-state index contributed by atoms with van der Waals surface area (Å²) in [4.78, 5) is 10.7. The Bertz CT molecular complexity index is 330. The van der Waals surface area contributed by atoms with Gasteiger partial charge in [0, 0.05) is 0 Å². The van der Waals surface area contributed by atoms with Gasteiger partial charge >= 0.3 is 117 Å². The van der Waals surface area contributed by atoms with Crippen molar-refractivity contribution < 1.29 is 21.9 Å². The molecule has 0 saturated heterocycles. The largest absolute Gasteiger partial charge is 0.397 e. The van der Waals surface area contributed by atoms with Crippen molar-refractivity contribution in [1.29, 1.82) is 0 Å². The second kappa shape index (κ2) is 16.9. The van der Waals surface area contributed by atoms with Crippen LogP contribution in [0.25, 0.3) is 0 Å². The molecule has 1 N–H and O–H groups in total. The molecular formula is C14H29NaO5S. The zero-order chi connectivity index (χ0) is 16.6. The molecule has 0 fully saturated rings. The van der Waals surface area contributed by atoms with Crippen molar-refractivity contribution in [2.45, 2.75) is 78.1 Å². The van der Waals surface area contributed by atoms with Gasteiger partial charge in [0.1, 0.15) is 0 Å². The van der Waals surface area contributed by atoms with Crippen molar-refractivity contribution in [1.82, 2.24) is 0 Å². The molecule has 0 unspecified atom stereocenters. The summed E-state index contributed by atoms with van der Waals surface area (Å²) in [6.45, 7) is 3.69. The summed E-state index contributed by atoms with van der Waals surface area (Å²) in [6, 6.07) is 0. The summed E-state index contributed by atoms with van der Waals surface area (Å²) < 4.78 is 31.1. The number of hydrogen-bond donors (Lipinski definition) is 1. The fraction of sp³-hybridized carbons (Fsp3) is 0.929. The standard InChI is InChI=1S/C12H23O.C2H6O4S.Na/c1-2-3-4-5-6-7-8-9-10-11-12-13;1-2-6-7(3,4)5;/h2-11H2,1H3;2H2,1H3,(H,3,4,5);. The van der Waals surface area contributed by atoms with E-state index in [0.717, 1.165) is 40.8 Å². The van der Waals surface area contributed by atoms with E-state index in [1.54, 1.807) is 0 Å². The number of carbonyl (C=O) groups is 1. The molecule has 0 saturated carbocycles. The molecule has 21 heavy (non-hydrogen) atoms. The van der Waals surface area contributed by atoms with Crippen LogP contribution in [0.1, 0.15) is 78.1 Å².